The Morgan fingerprint density at radius 3 is 2.56 bits per heavy atom. The van der Waals surface area contributed by atoms with Gasteiger partial charge in [0.05, 0.1) is 13.7 Å². The number of benzene rings is 1. The molecule has 0 aliphatic heterocycles. The number of aryl methyl sites for hydroxylation is 1. The number of rotatable bonds is 9. The fraction of sp³-hybridized carbons (Fsp3) is 0.429. The number of ether oxygens (including phenoxy) is 1. The molecule has 1 aromatic heterocycles. The average Bonchev–Trinajstić information content (AvgIpc) is 2.68. The van der Waals surface area contributed by atoms with Gasteiger partial charge in [0.1, 0.15) is 5.75 Å². The first kappa shape index (κ1) is 20.6. The summed E-state index contributed by atoms with van der Waals surface area (Å²) in [6.45, 7) is 7.00. The molecule has 0 atom stereocenters. The number of methoxy groups -OCH3 is 1. The van der Waals surface area contributed by atoms with Crippen molar-refractivity contribution in [3.63, 3.8) is 0 Å². The lowest BCUT2D eigenvalue weighted by Crippen LogP contribution is -2.37. The van der Waals surface area contributed by atoms with Gasteiger partial charge in [-0.05, 0) is 50.5 Å². The third kappa shape index (κ3) is 6.81. The van der Waals surface area contributed by atoms with Crippen molar-refractivity contribution in [1.82, 2.24) is 15.2 Å². The minimum absolute atomic E-state index is 0.0670. The maximum Gasteiger partial charge on any atom is 0.250 e. The van der Waals surface area contributed by atoms with Crippen LogP contribution in [0.3, 0.4) is 0 Å². The van der Waals surface area contributed by atoms with Gasteiger partial charge in [-0.3, -0.25) is 4.79 Å². The molecule has 0 saturated carbocycles. The molecule has 0 bridgehead atoms. The molecule has 1 aromatic carbocycles. The van der Waals surface area contributed by atoms with Crippen molar-refractivity contribution >= 4 is 5.96 Å². The zero-order chi connectivity index (χ0) is 19.5. The second-order valence-corrected chi connectivity index (χ2v) is 6.33. The molecule has 0 saturated heterocycles. The predicted octanol–water partition coefficient (Wildman–Crippen LogP) is 2.70. The van der Waals surface area contributed by atoms with E-state index in [1.54, 1.807) is 19.2 Å². The topological polar surface area (TPSA) is 67.7 Å². The summed E-state index contributed by atoms with van der Waals surface area (Å²) in [6.07, 6.45) is 1.91. The van der Waals surface area contributed by atoms with E-state index >= 15 is 0 Å². The molecule has 146 valence electrons. The maximum absolute atomic E-state index is 11.9. The van der Waals surface area contributed by atoms with Gasteiger partial charge < -0.3 is 19.9 Å². The van der Waals surface area contributed by atoms with Gasteiger partial charge in [0.15, 0.2) is 5.96 Å². The largest absolute Gasteiger partial charge is 0.497 e. The number of hydrogen-bond acceptors (Lipinski definition) is 3. The molecule has 2 N–H and O–H groups in total. The number of hydrogen-bond donors (Lipinski definition) is 2. The fourth-order valence-corrected chi connectivity index (χ4v) is 2.75. The maximum atomic E-state index is 11.9. The van der Waals surface area contributed by atoms with Crippen molar-refractivity contribution in [2.45, 2.75) is 39.8 Å². The Morgan fingerprint density at radius 1 is 1.11 bits per heavy atom. The minimum atomic E-state index is 0.0670. The first-order valence-corrected chi connectivity index (χ1v) is 9.45. The van der Waals surface area contributed by atoms with Gasteiger partial charge in [-0.15, -0.1) is 0 Å². The van der Waals surface area contributed by atoms with Crippen LogP contribution in [0.5, 0.6) is 5.75 Å². The highest BCUT2D eigenvalue weighted by Gasteiger charge is 2.01. The van der Waals surface area contributed by atoms with Gasteiger partial charge in [-0.2, -0.15) is 0 Å². The van der Waals surface area contributed by atoms with E-state index in [2.05, 4.69) is 22.5 Å². The van der Waals surface area contributed by atoms with Gasteiger partial charge in [0, 0.05) is 31.4 Å². The van der Waals surface area contributed by atoms with Crippen LogP contribution in [0.1, 0.15) is 31.0 Å². The van der Waals surface area contributed by atoms with Crippen LogP contribution in [-0.2, 0) is 13.1 Å². The Labute approximate surface area is 161 Å². The van der Waals surface area contributed by atoms with Crippen molar-refractivity contribution in [1.29, 1.82) is 0 Å². The minimum Gasteiger partial charge on any atom is -0.497 e. The molecule has 0 aliphatic carbocycles. The number of unbranched alkanes of at least 4 members (excludes halogenated alkanes) is 1. The first-order chi connectivity index (χ1) is 13.1. The number of aliphatic imine (C=N–C) groups is 1. The highest BCUT2D eigenvalue weighted by molar-refractivity contribution is 5.79. The molecule has 0 aliphatic rings. The Balaban J connectivity index is 1.78. The lowest BCUT2D eigenvalue weighted by atomic mass is 10.2. The summed E-state index contributed by atoms with van der Waals surface area (Å²) in [7, 11) is 1.66. The van der Waals surface area contributed by atoms with E-state index in [0.717, 1.165) is 55.4 Å². The van der Waals surface area contributed by atoms with Crippen molar-refractivity contribution in [3.05, 3.63) is 64.1 Å². The van der Waals surface area contributed by atoms with E-state index in [0.29, 0.717) is 6.54 Å². The van der Waals surface area contributed by atoms with Crippen LogP contribution in [0.2, 0.25) is 0 Å². The molecule has 1 heterocycles. The van der Waals surface area contributed by atoms with Crippen LogP contribution in [-0.4, -0.2) is 30.7 Å². The summed E-state index contributed by atoms with van der Waals surface area (Å²) in [5, 5.41) is 6.62. The first-order valence-electron chi connectivity index (χ1n) is 9.45. The van der Waals surface area contributed by atoms with Crippen LogP contribution in [0.25, 0.3) is 0 Å². The Bertz CT molecular complexity index is 782. The molecular formula is C21H30N4O2. The molecule has 2 aromatic rings. The molecule has 0 fully saturated rings. The normalized spacial score (nSPS) is 11.3. The highest BCUT2D eigenvalue weighted by Crippen LogP contribution is 2.11. The van der Waals surface area contributed by atoms with Gasteiger partial charge in [0.2, 0.25) is 0 Å². The summed E-state index contributed by atoms with van der Waals surface area (Å²) in [6, 6.07) is 13.3. The van der Waals surface area contributed by atoms with Gasteiger partial charge in [-0.25, -0.2) is 4.99 Å². The molecule has 27 heavy (non-hydrogen) atoms. The molecule has 0 spiro atoms. The lowest BCUT2D eigenvalue weighted by molar-refractivity contribution is 0.414. The van der Waals surface area contributed by atoms with Crippen molar-refractivity contribution < 1.29 is 4.74 Å². The van der Waals surface area contributed by atoms with Gasteiger partial charge in [0.25, 0.3) is 5.56 Å². The van der Waals surface area contributed by atoms with Crippen LogP contribution < -0.4 is 20.9 Å². The number of pyridine rings is 1. The number of nitrogens with one attached hydrogen (secondary N) is 2. The van der Waals surface area contributed by atoms with Crippen LogP contribution in [0.4, 0.5) is 0 Å². The highest BCUT2D eigenvalue weighted by atomic mass is 16.5. The second kappa shape index (κ2) is 11.1. The van der Waals surface area contributed by atoms with E-state index in [1.165, 1.54) is 0 Å². The SMILES string of the molecule is CCNC(=NCc1ccc(OC)cc1)NCCCCn1c(C)cccc1=O. The fourth-order valence-electron chi connectivity index (χ4n) is 2.75. The van der Waals surface area contributed by atoms with E-state index in [4.69, 9.17) is 4.74 Å². The average molecular weight is 370 g/mol. The number of guanidine groups is 1. The van der Waals surface area contributed by atoms with E-state index < -0.39 is 0 Å². The molecule has 0 amide bonds. The molecular weight excluding hydrogens is 340 g/mol. The standard InChI is InChI=1S/C21H30N4O2/c1-4-22-21(24-16-18-10-12-19(27-3)13-11-18)23-14-5-6-15-25-17(2)8-7-9-20(25)26/h7-13H,4-6,14-16H2,1-3H3,(H2,22,23,24). The molecule has 0 radical (unpaired) electrons. The van der Waals surface area contributed by atoms with Crippen molar-refractivity contribution in [3.8, 4) is 5.75 Å². The Hall–Kier alpha value is -2.76. The Kier molecular flexibility index (Phi) is 8.42. The summed E-state index contributed by atoms with van der Waals surface area (Å²) >= 11 is 0. The summed E-state index contributed by atoms with van der Waals surface area (Å²) in [4.78, 5) is 16.5. The van der Waals surface area contributed by atoms with E-state index in [1.807, 2.05) is 41.8 Å². The van der Waals surface area contributed by atoms with Crippen LogP contribution in [0, 0.1) is 6.92 Å². The van der Waals surface area contributed by atoms with Crippen LogP contribution in [0.15, 0.2) is 52.3 Å². The monoisotopic (exact) mass is 370 g/mol. The summed E-state index contributed by atoms with van der Waals surface area (Å²) in [5.74, 6) is 1.65. The summed E-state index contributed by atoms with van der Waals surface area (Å²) < 4.78 is 7.00. The van der Waals surface area contributed by atoms with Gasteiger partial charge >= 0.3 is 0 Å². The van der Waals surface area contributed by atoms with E-state index in [-0.39, 0.29) is 5.56 Å². The molecule has 2 rings (SSSR count). The van der Waals surface area contributed by atoms with Crippen molar-refractivity contribution in [2.24, 2.45) is 4.99 Å². The third-order valence-corrected chi connectivity index (χ3v) is 4.29. The van der Waals surface area contributed by atoms with Crippen LogP contribution >= 0.6 is 0 Å². The smallest absolute Gasteiger partial charge is 0.250 e. The van der Waals surface area contributed by atoms with Gasteiger partial charge in [-0.1, -0.05) is 18.2 Å². The summed E-state index contributed by atoms with van der Waals surface area (Å²) in [5.41, 5.74) is 2.20. The quantitative estimate of drug-likeness (QED) is 0.405. The third-order valence-electron chi connectivity index (χ3n) is 4.29. The molecule has 0 unspecified atom stereocenters. The number of aromatic nitrogens is 1. The Morgan fingerprint density at radius 2 is 1.89 bits per heavy atom. The molecule has 6 nitrogen and oxygen atoms in total. The second-order valence-electron chi connectivity index (χ2n) is 6.33. The van der Waals surface area contributed by atoms with E-state index in [9.17, 15) is 4.79 Å². The number of nitrogens with zero attached hydrogens (tertiary/aromatic N) is 2. The zero-order valence-corrected chi connectivity index (χ0v) is 16.5. The zero-order valence-electron chi connectivity index (χ0n) is 16.5. The lowest BCUT2D eigenvalue weighted by Gasteiger charge is -2.12. The predicted molar refractivity (Wildman–Crippen MR) is 110 cm³/mol. The molecule has 6 heteroatoms. The van der Waals surface area contributed by atoms with Crippen molar-refractivity contribution in [2.75, 3.05) is 20.2 Å².